The van der Waals surface area contributed by atoms with E-state index >= 15 is 0 Å². The van der Waals surface area contributed by atoms with Crippen LogP contribution in [-0.4, -0.2) is 38.8 Å². The molecule has 0 aromatic rings. The number of rotatable bonds is 12. The quantitative estimate of drug-likeness (QED) is 0.340. The van der Waals surface area contributed by atoms with Crippen molar-refractivity contribution in [2.75, 3.05) is 0 Å². The number of Topliss-reactive ketones (excluding diaryl/α,β-unsaturated/α-hetero) is 1. The number of ketones is 1. The second kappa shape index (κ2) is 11.1. The minimum absolute atomic E-state index is 0.119. The zero-order valence-corrected chi connectivity index (χ0v) is 17.3. The van der Waals surface area contributed by atoms with Gasteiger partial charge in [-0.3, -0.25) is 9.59 Å². The van der Waals surface area contributed by atoms with Gasteiger partial charge in [0.15, 0.2) is 0 Å². The van der Waals surface area contributed by atoms with Crippen molar-refractivity contribution in [3.05, 3.63) is 12.2 Å². The van der Waals surface area contributed by atoms with Crippen molar-refractivity contribution in [2.24, 2.45) is 17.8 Å². The van der Waals surface area contributed by atoms with E-state index in [-0.39, 0.29) is 36.4 Å². The number of carbonyl (C=O) groups excluding carboxylic acids is 1. The highest BCUT2D eigenvalue weighted by Crippen LogP contribution is 2.41. The fourth-order valence-electron chi connectivity index (χ4n) is 5.01. The molecule has 2 aliphatic carbocycles. The Kier molecular flexibility index (Phi) is 9.16. The molecule has 2 fully saturated rings. The van der Waals surface area contributed by atoms with E-state index in [2.05, 4.69) is 6.92 Å². The first-order valence-electron chi connectivity index (χ1n) is 11.2. The summed E-state index contributed by atoms with van der Waals surface area (Å²) in [5.74, 6) is -0.742. The van der Waals surface area contributed by atoms with Gasteiger partial charge in [-0.2, -0.15) is 0 Å². The van der Waals surface area contributed by atoms with Crippen LogP contribution in [0, 0.1) is 17.8 Å². The molecule has 160 valence electrons. The van der Waals surface area contributed by atoms with Crippen molar-refractivity contribution in [2.45, 2.75) is 102 Å². The second-order valence-electron chi connectivity index (χ2n) is 8.85. The van der Waals surface area contributed by atoms with Crippen LogP contribution in [0.5, 0.6) is 0 Å². The van der Waals surface area contributed by atoms with Gasteiger partial charge < -0.3 is 15.3 Å². The Morgan fingerprint density at radius 1 is 1.18 bits per heavy atom. The Morgan fingerprint density at radius 3 is 2.64 bits per heavy atom. The number of aliphatic hydroxyl groups excluding tert-OH is 1. The van der Waals surface area contributed by atoms with Crippen molar-refractivity contribution in [1.29, 1.82) is 0 Å². The van der Waals surface area contributed by atoms with Crippen LogP contribution in [0.25, 0.3) is 0 Å². The number of aliphatic carboxylic acids is 1. The summed E-state index contributed by atoms with van der Waals surface area (Å²) in [5.41, 5.74) is -0.790. The van der Waals surface area contributed by atoms with Crippen LogP contribution >= 0.6 is 0 Å². The number of carbonyl (C=O) groups is 2. The van der Waals surface area contributed by atoms with Gasteiger partial charge in [0.25, 0.3) is 0 Å². The standard InChI is InChI=1S/C23H38O5/c1-2-3-9-17-10-8-14-23(17,28)15-13-19-18(20(24)16-21(19)25)11-6-4-5-7-12-22(26)27/h13,15,17-19,21,25,28H,2-12,14,16H2,1H3,(H,26,27)/t17-,18+,19+,21+,23-/m0/s1. The van der Waals surface area contributed by atoms with Crippen LogP contribution in [0.2, 0.25) is 0 Å². The summed E-state index contributed by atoms with van der Waals surface area (Å²) in [7, 11) is 0. The highest BCUT2D eigenvalue weighted by Gasteiger charge is 2.42. The first kappa shape index (κ1) is 23.1. The first-order chi connectivity index (χ1) is 13.4. The van der Waals surface area contributed by atoms with Crippen LogP contribution in [0.15, 0.2) is 12.2 Å². The largest absolute Gasteiger partial charge is 0.481 e. The van der Waals surface area contributed by atoms with E-state index in [1.165, 1.54) is 0 Å². The summed E-state index contributed by atoms with van der Waals surface area (Å²) in [4.78, 5) is 22.9. The molecular formula is C23H38O5. The van der Waals surface area contributed by atoms with Gasteiger partial charge >= 0.3 is 5.97 Å². The van der Waals surface area contributed by atoms with E-state index in [4.69, 9.17) is 5.11 Å². The average molecular weight is 395 g/mol. The van der Waals surface area contributed by atoms with Crippen molar-refractivity contribution in [3.63, 3.8) is 0 Å². The predicted octanol–water partition coefficient (Wildman–Crippen LogP) is 4.26. The molecule has 2 aliphatic rings. The number of aliphatic hydroxyl groups is 2. The normalized spacial score (nSPS) is 33.2. The van der Waals surface area contributed by atoms with Crippen molar-refractivity contribution >= 4 is 11.8 Å². The van der Waals surface area contributed by atoms with Gasteiger partial charge in [-0.15, -0.1) is 0 Å². The second-order valence-corrected chi connectivity index (χ2v) is 8.85. The zero-order chi connectivity index (χ0) is 20.6. The predicted molar refractivity (Wildman–Crippen MR) is 109 cm³/mol. The van der Waals surface area contributed by atoms with E-state index in [1.807, 2.05) is 12.2 Å². The number of hydrogen-bond donors (Lipinski definition) is 3. The fraction of sp³-hybridized carbons (Fsp3) is 0.826. The van der Waals surface area contributed by atoms with Gasteiger partial charge in [-0.1, -0.05) is 51.2 Å². The van der Waals surface area contributed by atoms with Gasteiger partial charge in [0.05, 0.1) is 11.7 Å². The van der Waals surface area contributed by atoms with Crippen LogP contribution in [0.4, 0.5) is 0 Å². The monoisotopic (exact) mass is 394 g/mol. The van der Waals surface area contributed by atoms with E-state index < -0.39 is 17.7 Å². The van der Waals surface area contributed by atoms with Gasteiger partial charge in [-0.25, -0.2) is 0 Å². The lowest BCUT2D eigenvalue weighted by Crippen LogP contribution is -2.31. The van der Waals surface area contributed by atoms with Crippen LogP contribution in [-0.2, 0) is 9.59 Å². The minimum Gasteiger partial charge on any atom is -0.481 e. The Labute approximate surface area is 169 Å². The van der Waals surface area contributed by atoms with Crippen LogP contribution < -0.4 is 0 Å². The Hall–Kier alpha value is -1.20. The number of unbranched alkanes of at least 4 members (excludes halogenated alkanes) is 4. The lowest BCUT2D eigenvalue weighted by molar-refractivity contribution is -0.137. The number of carboxylic acids is 1. The van der Waals surface area contributed by atoms with Crippen molar-refractivity contribution in [3.8, 4) is 0 Å². The molecule has 0 aliphatic heterocycles. The summed E-state index contributed by atoms with van der Waals surface area (Å²) < 4.78 is 0. The zero-order valence-electron chi connectivity index (χ0n) is 17.3. The summed E-state index contributed by atoms with van der Waals surface area (Å²) in [6, 6.07) is 0. The molecule has 0 unspecified atom stereocenters. The number of hydrogen-bond acceptors (Lipinski definition) is 4. The highest BCUT2D eigenvalue weighted by molar-refractivity contribution is 5.84. The van der Waals surface area contributed by atoms with Crippen molar-refractivity contribution < 1.29 is 24.9 Å². The van der Waals surface area contributed by atoms with Gasteiger partial charge in [0.1, 0.15) is 5.78 Å². The molecule has 0 amide bonds. The minimum atomic E-state index is -0.790. The number of carboxylic acid groups (broad SMARTS) is 1. The van der Waals surface area contributed by atoms with E-state index in [0.29, 0.717) is 6.42 Å². The lowest BCUT2D eigenvalue weighted by Gasteiger charge is -2.28. The van der Waals surface area contributed by atoms with Gasteiger partial charge in [0, 0.05) is 24.7 Å². The molecule has 0 radical (unpaired) electrons. The Balaban J connectivity index is 1.89. The van der Waals surface area contributed by atoms with Crippen LogP contribution in [0.1, 0.15) is 90.4 Å². The maximum Gasteiger partial charge on any atom is 0.303 e. The fourth-order valence-corrected chi connectivity index (χ4v) is 5.01. The molecule has 0 bridgehead atoms. The van der Waals surface area contributed by atoms with Crippen LogP contribution in [0.3, 0.4) is 0 Å². The molecule has 5 nitrogen and oxygen atoms in total. The third-order valence-electron chi connectivity index (χ3n) is 6.74. The summed E-state index contributed by atoms with van der Waals surface area (Å²) in [6.45, 7) is 2.16. The third-order valence-corrected chi connectivity index (χ3v) is 6.74. The Morgan fingerprint density at radius 2 is 1.93 bits per heavy atom. The average Bonchev–Trinajstić information content (AvgIpc) is 3.13. The molecule has 5 heteroatoms. The third kappa shape index (κ3) is 6.41. The summed E-state index contributed by atoms with van der Waals surface area (Å²) in [5, 5.41) is 30.1. The summed E-state index contributed by atoms with van der Waals surface area (Å²) in [6.07, 6.45) is 13.7. The SMILES string of the molecule is CCCC[C@H]1CCC[C@]1(O)C=C[C@H]1[C@H](O)CC(=O)[C@@H]1CCCCCCC(=O)O. The highest BCUT2D eigenvalue weighted by atomic mass is 16.4. The van der Waals surface area contributed by atoms with E-state index in [0.717, 1.165) is 64.2 Å². The molecule has 2 rings (SSSR count). The molecule has 0 spiro atoms. The maximum absolute atomic E-state index is 12.4. The lowest BCUT2D eigenvalue weighted by atomic mass is 9.83. The molecule has 5 atom stereocenters. The van der Waals surface area contributed by atoms with E-state index in [1.54, 1.807) is 0 Å². The Bertz CT molecular complexity index is 543. The molecule has 2 saturated carbocycles. The molecule has 0 aromatic carbocycles. The molecule has 0 aromatic heterocycles. The first-order valence-corrected chi connectivity index (χ1v) is 11.2. The molecule has 3 N–H and O–H groups in total. The topological polar surface area (TPSA) is 94.8 Å². The molecule has 28 heavy (non-hydrogen) atoms. The smallest absolute Gasteiger partial charge is 0.303 e. The van der Waals surface area contributed by atoms with Gasteiger partial charge in [0.2, 0.25) is 0 Å². The van der Waals surface area contributed by atoms with Crippen molar-refractivity contribution in [1.82, 2.24) is 0 Å². The van der Waals surface area contributed by atoms with E-state index in [9.17, 15) is 19.8 Å². The molecule has 0 saturated heterocycles. The maximum atomic E-state index is 12.4. The molecule has 0 heterocycles. The van der Waals surface area contributed by atoms with Gasteiger partial charge in [-0.05, 0) is 44.4 Å². The summed E-state index contributed by atoms with van der Waals surface area (Å²) >= 11 is 0. The molecular weight excluding hydrogens is 356 g/mol.